The number of carbonyl (C=O) groups is 1. The lowest BCUT2D eigenvalue weighted by molar-refractivity contribution is 0.0934. The van der Waals surface area contributed by atoms with Gasteiger partial charge in [0.2, 0.25) is 0 Å². The number of nitrogens with one attached hydrogen (secondary N) is 1. The Morgan fingerprint density at radius 2 is 2.24 bits per heavy atom. The van der Waals surface area contributed by atoms with Gasteiger partial charge in [0.1, 0.15) is 11.5 Å². The summed E-state index contributed by atoms with van der Waals surface area (Å²) in [5.74, 6) is -1.82. The number of aromatic nitrogens is 2. The maximum Gasteiger partial charge on any atom is 0.254 e. The lowest BCUT2D eigenvalue weighted by Crippen LogP contribution is -2.32. The van der Waals surface area contributed by atoms with E-state index < -0.39 is 11.6 Å². The molecule has 112 valence electrons. The lowest BCUT2D eigenvalue weighted by atomic mass is 10.2. The molecule has 0 aliphatic heterocycles. The van der Waals surface area contributed by atoms with Crippen molar-refractivity contribution in [1.29, 1.82) is 0 Å². The molecule has 1 atom stereocenters. The molecule has 1 aromatic heterocycles. The van der Waals surface area contributed by atoms with Crippen molar-refractivity contribution in [3.8, 4) is 5.69 Å². The molecular formula is C14H15F2N3O2. The van der Waals surface area contributed by atoms with E-state index in [9.17, 15) is 13.6 Å². The molecule has 21 heavy (non-hydrogen) atoms. The molecule has 0 saturated heterocycles. The van der Waals surface area contributed by atoms with E-state index >= 15 is 0 Å². The summed E-state index contributed by atoms with van der Waals surface area (Å²) < 4.78 is 27.7. The highest BCUT2D eigenvalue weighted by Crippen LogP contribution is 2.14. The zero-order valence-electron chi connectivity index (χ0n) is 11.4. The van der Waals surface area contributed by atoms with Crippen LogP contribution in [0.2, 0.25) is 0 Å². The van der Waals surface area contributed by atoms with Crippen LogP contribution in [0.15, 0.2) is 30.6 Å². The molecule has 7 heteroatoms. The summed E-state index contributed by atoms with van der Waals surface area (Å²) in [6.45, 7) is 1.74. The summed E-state index contributed by atoms with van der Waals surface area (Å²) in [5, 5.41) is 15.4. The summed E-state index contributed by atoms with van der Waals surface area (Å²) in [6.07, 6.45) is 3.09. The molecule has 2 N–H and O–H groups in total. The Kier molecular flexibility index (Phi) is 4.64. The van der Waals surface area contributed by atoms with Gasteiger partial charge >= 0.3 is 0 Å². The Balaban J connectivity index is 2.16. The first-order chi connectivity index (χ1) is 10.0. The largest absolute Gasteiger partial charge is 0.396 e. The molecule has 0 radical (unpaired) electrons. The predicted molar refractivity (Wildman–Crippen MR) is 72.1 cm³/mol. The zero-order valence-corrected chi connectivity index (χ0v) is 11.4. The fourth-order valence-corrected chi connectivity index (χ4v) is 1.81. The van der Waals surface area contributed by atoms with E-state index in [1.807, 2.05) is 0 Å². The van der Waals surface area contributed by atoms with Gasteiger partial charge in [0, 0.05) is 24.9 Å². The summed E-state index contributed by atoms with van der Waals surface area (Å²) in [5.41, 5.74) is 0.308. The summed E-state index contributed by atoms with van der Waals surface area (Å²) in [6, 6.07) is 2.92. The molecular weight excluding hydrogens is 280 g/mol. The number of benzene rings is 1. The van der Waals surface area contributed by atoms with Gasteiger partial charge in [-0.3, -0.25) is 4.79 Å². The second-order valence-corrected chi connectivity index (χ2v) is 4.66. The number of amides is 1. The molecule has 0 bridgehead atoms. The van der Waals surface area contributed by atoms with E-state index in [1.54, 1.807) is 6.92 Å². The molecule has 5 nitrogen and oxygen atoms in total. The Morgan fingerprint density at radius 3 is 2.90 bits per heavy atom. The average Bonchev–Trinajstić information content (AvgIpc) is 2.88. The highest BCUT2D eigenvalue weighted by Gasteiger charge is 2.13. The maximum absolute atomic E-state index is 13.6. The van der Waals surface area contributed by atoms with Crippen LogP contribution in [-0.2, 0) is 0 Å². The van der Waals surface area contributed by atoms with Crippen LogP contribution in [0.4, 0.5) is 8.78 Å². The second kappa shape index (κ2) is 6.45. The van der Waals surface area contributed by atoms with Gasteiger partial charge in [-0.15, -0.1) is 0 Å². The minimum Gasteiger partial charge on any atom is -0.396 e. The third kappa shape index (κ3) is 3.63. The third-order valence-corrected chi connectivity index (χ3v) is 2.94. The lowest BCUT2D eigenvalue weighted by Gasteiger charge is -2.10. The normalized spacial score (nSPS) is 12.2. The van der Waals surface area contributed by atoms with Gasteiger partial charge in [0.05, 0.1) is 11.8 Å². The van der Waals surface area contributed by atoms with Crippen LogP contribution >= 0.6 is 0 Å². The first-order valence-electron chi connectivity index (χ1n) is 6.43. The van der Waals surface area contributed by atoms with E-state index in [2.05, 4.69) is 10.4 Å². The summed E-state index contributed by atoms with van der Waals surface area (Å²) in [7, 11) is 0. The van der Waals surface area contributed by atoms with Crippen LogP contribution in [0.3, 0.4) is 0 Å². The Labute approximate surface area is 120 Å². The van der Waals surface area contributed by atoms with Crippen molar-refractivity contribution in [3.63, 3.8) is 0 Å². The molecule has 0 saturated carbocycles. The van der Waals surface area contributed by atoms with Crippen molar-refractivity contribution in [1.82, 2.24) is 15.1 Å². The number of nitrogens with zero attached hydrogens (tertiary/aromatic N) is 2. The van der Waals surface area contributed by atoms with Gasteiger partial charge < -0.3 is 10.4 Å². The van der Waals surface area contributed by atoms with Crippen LogP contribution in [0, 0.1) is 11.6 Å². The van der Waals surface area contributed by atoms with Crippen LogP contribution in [-0.4, -0.2) is 33.4 Å². The smallest absolute Gasteiger partial charge is 0.254 e. The fourth-order valence-electron chi connectivity index (χ4n) is 1.81. The van der Waals surface area contributed by atoms with Crippen molar-refractivity contribution in [2.24, 2.45) is 0 Å². The van der Waals surface area contributed by atoms with Crippen molar-refractivity contribution in [2.75, 3.05) is 6.61 Å². The molecule has 2 aromatic rings. The zero-order chi connectivity index (χ0) is 15.4. The van der Waals surface area contributed by atoms with E-state index in [0.29, 0.717) is 6.42 Å². The van der Waals surface area contributed by atoms with Crippen molar-refractivity contribution in [3.05, 3.63) is 47.8 Å². The van der Waals surface area contributed by atoms with Crippen LogP contribution < -0.4 is 5.32 Å². The third-order valence-electron chi connectivity index (χ3n) is 2.94. The second-order valence-electron chi connectivity index (χ2n) is 4.66. The van der Waals surface area contributed by atoms with Crippen LogP contribution in [0.25, 0.3) is 5.69 Å². The van der Waals surface area contributed by atoms with Crippen LogP contribution in [0.5, 0.6) is 0 Å². The van der Waals surface area contributed by atoms with E-state index in [1.165, 1.54) is 23.1 Å². The topological polar surface area (TPSA) is 67.2 Å². The quantitative estimate of drug-likeness (QED) is 0.881. The first kappa shape index (κ1) is 15.1. The highest BCUT2D eigenvalue weighted by atomic mass is 19.1. The van der Waals surface area contributed by atoms with Crippen molar-refractivity contribution in [2.45, 2.75) is 19.4 Å². The molecule has 0 unspecified atom stereocenters. The number of hydrogen-bond donors (Lipinski definition) is 2. The molecule has 2 rings (SSSR count). The molecule has 0 spiro atoms. The number of aliphatic hydroxyl groups is 1. The van der Waals surface area contributed by atoms with Gasteiger partial charge in [-0.25, -0.2) is 13.5 Å². The Morgan fingerprint density at radius 1 is 1.48 bits per heavy atom. The fraction of sp³-hybridized carbons (Fsp3) is 0.286. The Hall–Kier alpha value is -2.28. The van der Waals surface area contributed by atoms with Gasteiger partial charge in [0.25, 0.3) is 5.91 Å². The van der Waals surface area contributed by atoms with Gasteiger partial charge in [-0.2, -0.15) is 5.10 Å². The molecule has 0 aliphatic carbocycles. The molecule has 0 aliphatic rings. The molecule has 1 heterocycles. The average molecular weight is 295 g/mol. The molecule has 1 amide bonds. The predicted octanol–water partition coefficient (Wildman–Crippen LogP) is 1.65. The monoisotopic (exact) mass is 295 g/mol. The molecule has 0 fully saturated rings. The van der Waals surface area contributed by atoms with E-state index in [0.717, 1.165) is 12.1 Å². The van der Waals surface area contributed by atoms with Gasteiger partial charge in [-0.05, 0) is 25.5 Å². The minimum absolute atomic E-state index is 0.0263. The standard InChI is InChI=1S/C14H15F2N3O2/c1-9(4-5-20)18-14(21)10-7-17-19(8-10)13-3-2-11(15)6-12(13)16/h2-3,6-9,20H,4-5H2,1H3,(H,18,21)/t9-/m1/s1. The number of aliphatic hydroxyl groups excluding tert-OH is 1. The number of halogens is 2. The number of hydrogen-bond acceptors (Lipinski definition) is 3. The van der Waals surface area contributed by atoms with E-state index in [4.69, 9.17) is 5.11 Å². The minimum atomic E-state index is -0.765. The number of rotatable bonds is 5. The van der Waals surface area contributed by atoms with E-state index in [-0.39, 0.29) is 29.8 Å². The highest BCUT2D eigenvalue weighted by molar-refractivity contribution is 5.93. The van der Waals surface area contributed by atoms with Crippen molar-refractivity contribution >= 4 is 5.91 Å². The van der Waals surface area contributed by atoms with Crippen LogP contribution in [0.1, 0.15) is 23.7 Å². The molecule has 1 aromatic carbocycles. The maximum atomic E-state index is 13.6. The summed E-state index contributed by atoms with van der Waals surface area (Å²) in [4.78, 5) is 11.9. The van der Waals surface area contributed by atoms with Crippen molar-refractivity contribution < 1.29 is 18.7 Å². The number of carbonyl (C=O) groups excluding carboxylic acids is 1. The Bertz CT molecular complexity index is 643. The SMILES string of the molecule is C[C@H](CCO)NC(=O)c1cnn(-c2ccc(F)cc2F)c1. The first-order valence-corrected chi connectivity index (χ1v) is 6.43. The van der Waals surface area contributed by atoms with Gasteiger partial charge in [0.15, 0.2) is 5.82 Å². The van der Waals surface area contributed by atoms with Gasteiger partial charge in [-0.1, -0.05) is 0 Å². The summed E-state index contributed by atoms with van der Waals surface area (Å²) >= 11 is 0.